The van der Waals surface area contributed by atoms with Crippen molar-refractivity contribution in [3.05, 3.63) is 58.9 Å². The van der Waals surface area contributed by atoms with Gasteiger partial charge in [-0.05, 0) is 19.4 Å². The van der Waals surface area contributed by atoms with Gasteiger partial charge in [-0.25, -0.2) is 4.79 Å². The first-order chi connectivity index (χ1) is 9.09. The first kappa shape index (κ1) is 13.1. The van der Waals surface area contributed by atoms with Gasteiger partial charge in [0.15, 0.2) is 0 Å². The second-order valence-corrected chi connectivity index (χ2v) is 4.35. The van der Waals surface area contributed by atoms with Crippen molar-refractivity contribution in [2.24, 2.45) is 0 Å². The second-order valence-electron chi connectivity index (χ2n) is 4.35. The molecule has 4 nitrogen and oxygen atoms in total. The molecule has 0 aliphatic rings. The molecule has 0 saturated carbocycles. The number of aromatic nitrogens is 2. The van der Waals surface area contributed by atoms with Crippen molar-refractivity contribution in [1.29, 1.82) is 0 Å². The van der Waals surface area contributed by atoms with E-state index in [0.717, 1.165) is 5.56 Å². The number of rotatable bonds is 4. The summed E-state index contributed by atoms with van der Waals surface area (Å²) in [5, 5.41) is 13.3. The van der Waals surface area contributed by atoms with Crippen LogP contribution in [-0.4, -0.2) is 20.9 Å². The third-order valence-electron chi connectivity index (χ3n) is 2.98. The van der Waals surface area contributed by atoms with E-state index >= 15 is 0 Å². The summed E-state index contributed by atoms with van der Waals surface area (Å²) >= 11 is 0. The van der Waals surface area contributed by atoms with E-state index in [1.54, 1.807) is 18.5 Å². The van der Waals surface area contributed by atoms with E-state index in [1.165, 1.54) is 0 Å². The average Bonchev–Trinajstić information content (AvgIpc) is 2.66. The summed E-state index contributed by atoms with van der Waals surface area (Å²) < 4.78 is 1.71. The minimum Gasteiger partial charge on any atom is -0.478 e. The van der Waals surface area contributed by atoms with Gasteiger partial charge in [-0.1, -0.05) is 42.5 Å². The molecule has 0 fully saturated rings. The van der Waals surface area contributed by atoms with Crippen LogP contribution < -0.4 is 0 Å². The topological polar surface area (TPSA) is 55.1 Å². The molecule has 0 bridgehead atoms. The second kappa shape index (κ2) is 5.52. The Balaban J connectivity index is 2.15. The Morgan fingerprint density at radius 1 is 1.32 bits per heavy atom. The Bertz CT molecular complexity index is 613. The number of carboxylic acids is 1. The lowest BCUT2D eigenvalue weighted by atomic mass is 10.2. The van der Waals surface area contributed by atoms with Crippen LogP contribution in [0.3, 0.4) is 0 Å². The van der Waals surface area contributed by atoms with Crippen LogP contribution in [0.25, 0.3) is 6.08 Å². The molecule has 0 aliphatic carbocycles. The van der Waals surface area contributed by atoms with Gasteiger partial charge in [0, 0.05) is 0 Å². The molecule has 0 amide bonds. The number of carboxylic acid groups (broad SMARTS) is 1. The van der Waals surface area contributed by atoms with E-state index in [-0.39, 0.29) is 0 Å². The summed E-state index contributed by atoms with van der Waals surface area (Å²) in [5.74, 6) is -0.923. The maximum Gasteiger partial charge on any atom is 0.339 e. The molecule has 1 aromatic carbocycles. The van der Waals surface area contributed by atoms with Crippen molar-refractivity contribution in [3.63, 3.8) is 0 Å². The molecule has 19 heavy (non-hydrogen) atoms. The highest BCUT2D eigenvalue weighted by Gasteiger charge is 2.16. The van der Waals surface area contributed by atoms with E-state index in [9.17, 15) is 4.79 Å². The normalized spacial score (nSPS) is 11.1. The number of allylic oxidation sites excluding steroid dienone is 1. The van der Waals surface area contributed by atoms with Crippen LogP contribution in [-0.2, 0) is 6.54 Å². The van der Waals surface area contributed by atoms with Gasteiger partial charge in [0.05, 0.1) is 17.9 Å². The maximum absolute atomic E-state index is 11.1. The molecule has 0 spiro atoms. The van der Waals surface area contributed by atoms with E-state index < -0.39 is 5.97 Å². The number of carbonyl (C=O) groups is 1. The molecule has 1 heterocycles. The summed E-state index contributed by atoms with van der Waals surface area (Å²) in [7, 11) is 0. The van der Waals surface area contributed by atoms with Crippen molar-refractivity contribution >= 4 is 12.0 Å². The Labute approximate surface area is 112 Å². The zero-order chi connectivity index (χ0) is 13.8. The maximum atomic E-state index is 11.1. The molecule has 2 aromatic rings. The van der Waals surface area contributed by atoms with Gasteiger partial charge in [0.2, 0.25) is 0 Å². The quantitative estimate of drug-likeness (QED) is 0.915. The lowest BCUT2D eigenvalue weighted by Gasteiger charge is -2.00. The largest absolute Gasteiger partial charge is 0.478 e. The lowest BCUT2D eigenvalue weighted by Crippen LogP contribution is -2.03. The predicted molar refractivity (Wildman–Crippen MR) is 74.1 cm³/mol. The molecule has 1 aromatic heterocycles. The van der Waals surface area contributed by atoms with Gasteiger partial charge in [-0.15, -0.1) is 0 Å². The monoisotopic (exact) mass is 256 g/mol. The van der Waals surface area contributed by atoms with Crippen molar-refractivity contribution in [3.8, 4) is 0 Å². The standard InChI is InChI=1S/C15H16N2O2/c1-11-14(15(18)19)12(2)17(16-11)10-6-9-13-7-4-3-5-8-13/h3-9H,10H2,1-2H3,(H,18,19)/b9-6+. The fourth-order valence-corrected chi connectivity index (χ4v) is 2.04. The fraction of sp³-hybridized carbons (Fsp3) is 0.200. The fourth-order valence-electron chi connectivity index (χ4n) is 2.04. The minimum atomic E-state index is -0.923. The van der Waals surface area contributed by atoms with E-state index in [2.05, 4.69) is 5.10 Å². The zero-order valence-electron chi connectivity index (χ0n) is 11.0. The Kier molecular flexibility index (Phi) is 3.80. The Morgan fingerprint density at radius 2 is 2.00 bits per heavy atom. The van der Waals surface area contributed by atoms with Gasteiger partial charge in [0.1, 0.15) is 5.56 Å². The minimum absolute atomic E-state index is 0.299. The van der Waals surface area contributed by atoms with Crippen LogP contribution in [0, 0.1) is 13.8 Å². The molecular weight excluding hydrogens is 240 g/mol. The summed E-state index contributed by atoms with van der Waals surface area (Å²) in [4.78, 5) is 11.1. The van der Waals surface area contributed by atoms with Gasteiger partial charge in [0.25, 0.3) is 0 Å². The predicted octanol–water partition coefficient (Wildman–Crippen LogP) is 2.91. The van der Waals surface area contributed by atoms with Crippen molar-refractivity contribution in [2.75, 3.05) is 0 Å². The van der Waals surface area contributed by atoms with Crippen LogP contribution in [0.1, 0.15) is 27.3 Å². The number of nitrogens with zero attached hydrogens (tertiary/aromatic N) is 2. The van der Waals surface area contributed by atoms with Crippen LogP contribution >= 0.6 is 0 Å². The summed E-state index contributed by atoms with van der Waals surface area (Å²) in [5.41, 5.74) is 2.65. The molecule has 0 aliphatic heterocycles. The third-order valence-corrected chi connectivity index (χ3v) is 2.98. The number of hydrogen-bond acceptors (Lipinski definition) is 2. The molecule has 1 N–H and O–H groups in total. The van der Waals surface area contributed by atoms with E-state index in [1.807, 2.05) is 42.5 Å². The van der Waals surface area contributed by atoms with E-state index in [0.29, 0.717) is 23.5 Å². The van der Waals surface area contributed by atoms with Crippen LogP contribution in [0.15, 0.2) is 36.4 Å². The first-order valence-corrected chi connectivity index (χ1v) is 6.08. The molecule has 2 rings (SSSR count). The van der Waals surface area contributed by atoms with Crippen molar-refractivity contribution in [1.82, 2.24) is 9.78 Å². The Hall–Kier alpha value is -2.36. The average molecular weight is 256 g/mol. The lowest BCUT2D eigenvalue weighted by molar-refractivity contribution is 0.0695. The highest BCUT2D eigenvalue weighted by Crippen LogP contribution is 2.13. The molecule has 0 saturated heterocycles. The number of aryl methyl sites for hydroxylation is 1. The van der Waals surface area contributed by atoms with Crippen LogP contribution in [0.5, 0.6) is 0 Å². The van der Waals surface area contributed by atoms with Crippen molar-refractivity contribution < 1.29 is 9.90 Å². The molecule has 0 unspecified atom stereocenters. The van der Waals surface area contributed by atoms with Gasteiger partial charge < -0.3 is 5.11 Å². The summed E-state index contributed by atoms with van der Waals surface area (Å²) in [6, 6.07) is 9.95. The highest BCUT2D eigenvalue weighted by molar-refractivity contribution is 5.90. The Morgan fingerprint density at radius 3 is 2.58 bits per heavy atom. The number of aromatic carboxylic acids is 1. The third kappa shape index (κ3) is 2.91. The van der Waals surface area contributed by atoms with E-state index in [4.69, 9.17) is 5.11 Å². The molecule has 0 radical (unpaired) electrons. The molecule has 4 heteroatoms. The van der Waals surface area contributed by atoms with Crippen molar-refractivity contribution in [2.45, 2.75) is 20.4 Å². The number of hydrogen-bond donors (Lipinski definition) is 1. The van der Waals surface area contributed by atoms with Gasteiger partial charge >= 0.3 is 5.97 Å². The first-order valence-electron chi connectivity index (χ1n) is 6.08. The SMILES string of the molecule is Cc1nn(C/C=C/c2ccccc2)c(C)c1C(=O)O. The molecule has 98 valence electrons. The van der Waals surface area contributed by atoms with Gasteiger partial charge in [-0.3, -0.25) is 4.68 Å². The molecule has 0 atom stereocenters. The summed E-state index contributed by atoms with van der Waals surface area (Å²) in [6.45, 7) is 4.06. The van der Waals surface area contributed by atoms with Crippen LogP contribution in [0.4, 0.5) is 0 Å². The number of benzene rings is 1. The molecular formula is C15H16N2O2. The highest BCUT2D eigenvalue weighted by atomic mass is 16.4. The summed E-state index contributed by atoms with van der Waals surface area (Å²) in [6.07, 6.45) is 3.97. The van der Waals surface area contributed by atoms with Gasteiger partial charge in [-0.2, -0.15) is 5.10 Å². The zero-order valence-corrected chi connectivity index (χ0v) is 11.0. The smallest absolute Gasteiger partial charge is 0.339 e. The van der Waals surface area contributed by atoms with Crippen LogP contribution in [0.2, 0.25) is 0 Å².